The molecule has 0 aromatic heterocycles. The molecule has 1 N–H and O–H groups in total. The van der Waals surface area contributed by atoms with Crippen molar-refractivity contribution in [3.8, 4) is 0 Å². The van der Waals surface area contributed by atoms with Gasteiger partial charge in [0.05, 0.1) is 17.1 Å². The maximum Gasteiger partial charge on any atom is 0.338 e. The molecule has 2 aromatic carbocycles. The number of piperidine rings is 1. The van der Waals surface area contributed by atoms with Gasteiger partial charge in [-0.25, -0.2) is 13.2 Å². The number of benzene rings is 2. The Hall–Kier alpha value is -2.42. The van der Waals surface area contributed by atoms with Crippen LogP contribution in [0.3, 0.4) is 0 Å². The third kappa shape index (κ3) is 7.03. The van der Waals surface area contributed by atoms with Gasteiger partial charge >= 0.3 is 5.97 Å². The van der Waals surface area contributed by atoms with Crippen LogP contribution in [0.15, 0.2) is 47.4 Å². The number of esters is 1. The van der Waals surface area contributed by atoms with Crippen molar-refractivity contribution in [2.45, 2.75) is 43.9 Å². The first-order chi connectivity index (χ1) is 15.8. The van der Waals surface area contributed by atoms with Crippen LogP contribution in [0, 0.1) is 6.92 Å². The van der Waals surface area contributed by atoms with E-state index in [-0.39, 0.29) is 34.5 Å². The van der Waals surface area contributed by atoms with Crippen LogP contribution < -0.4 is 5.32 Å². The third-order valence-electron chi connectivity index (χ3n) is 5.52. The molecule has 0 spiro atoms. The highest BCUT2D eigenvalue weighted by Crippen LogP contribution is 2.28. The summed E-state index contributed by atoms with van der Waals surface area (Å²) in [4.78, 5) is 24.3. The smallest absolute Gasteiger partial charge is 0.338 e. The normalized spacial score (nSPS) is 14.6. The van der Waals surface area contributed by atoms with E-state index in [9.17, 15) is 18.0 Å². The predicted molar refractivity (Wildman–Crippen MR) is 127 cm³/mol. The van der Waals surface area contributed by atoms with Crippen LogP contribution >= 0.6 is 11.6 Å². The zero-order valence-electron chi connectivity index (χ0n) is 18.7. The molecule has 1 aliphatic heterocycles. The lowest BCUT2D eigenvalue weighted by atomic mass is 10.1. The largest absolute Gasteiger partial charge is 0.460 e. The van der Waals surface area contributed by atoms with Crippen molar-refractivity contribution in [3.05, 3.63) is 64.2 Å². The average molecular weight is 493 g/mol. The number of amides is 1. The molecule has 0 atom stereocenters. The number of halogens is 1. The Bertz CT molecular complexity index is 1080. The minimum Gasteiger partial charge on any atom is -0.460 e. The molecule has 1 saturated heterocycles. The lowest BCUT2D eigenvalue weighted by Gasteiger charge is -2.26. The van der Waals surface area contributed by atoms with Crippen LogP contribution in [0.4, 0.5) is 0 Å². The van der Waals surface area contributed by atoms with Crippen LogP contribution in [0.1, 0.15) is 47.2 Å². The van der Waals surface area contributed by atoms with Gasteiger partial charge in [-0.1, -0.05) is 47.9 Å². The summed E-state index contributed by atoms with van der Waals surface area (Å²) >= 11 is 6.14. The van der Waals surface area contributed by atoms with Gasteiger partial charge in [0.1, 0.15) is 11.5 Å². The molecule has 0 aliphatic carbocycles. The van der Waals surface area contributed by atoms with E-state index in [2.05, 4.69) is 5.32 Å². The number of hydrogen-bond acceptors (Lipinski definition) is 5. The van der Waals surface area contributed by atoms with Gasteiger partial charge in [0, 0.05) is 19.5 Å². The molecule has 33 heavy (non-hydrogen) atoms. The standard InChI is InChI=1S/C24H29ClN2O5S/c1-18-5-7-19(8-6-18)9-12-23(28)26-13-16-32-24(29)20-10-11-21(25)22(17-20)33(30,31)27-14-3-2-4-15-27/h5-8,10-11,17H,2-4,9,12-16H2,1H3,(H,26,28). The Morgan fingerprint density at radius 2 is 1.76 bits per heavy atom. The molecule has 9 heteroatoms. The number of sulfonamides is 1. The molecule has 0 saturated carbocycles. The van der Waals surface area contributed by atoms with Gasteiger partial charge in [0.15, 0.2) is 0 Å². The van der Waals surface area contributed by atoms with Gasteiger partial charge in [0.2, 0.25) is 15.9 Å². The van der Waals surface area contributed by atoms with Crippen molar-refractivity contribution < 1.29 is 22.7 Å². The van der Waals surface area contributed by atoms with E-state index in [1.807, 2.05) is 31.2 Å². The molecule has 3 rings (SSSR count). The summed E-state index contributed by atoms with van der Waals surface area (Å²) in [5.41, 5.74) is 2.35. The van der Waals surface area contributed by atoms with Gasteiger partial charge in [-0.2, -0.15) is 4.31 Å². The Labute approximate surface area is 200 Å². The number of carbonyl (C=O) groups excluding carboxylic acids is 2. The average Bonchev–Trinajstić information content (AvgIpc) is 2.82. The summed E-state index contributed by atoms with van der Waals surface area (Å²) in [5.74, 6) is -0.802. The summed E-state index contributed by atoms with van der Waals surface area (Å²) < 4.78 is 32.5. The molecule has 0 radical (unpaired) electrons. The first kappa shape index (κ1) is 25.2. The molecule has 1 heterocycles. The molecular formula is C24H29ClN2O5S. The topological polar surface area (TPSA) is 92.8 Å². The number of nitrogens with zero attached hydrogens (tertiary/aromatic N) is 1. The fourth-order valence-corrected chi connectivity index (χ4v) is 5.61. The number of hydrogen-bond donors (Lipinski definition) is 1. The van der Waals surface area contributed by atoms with Crippen LogP contribution in [-0.2, 0) is 26.0 Å². The van der Waals surface area contributed by atoms with Gasteiger partial charge in [-0.15, -0.1) is 0 Å². The summed E-state index contributed by atoms with van der Waals surface area (Å²) in [6.07, 6.45) is 3.57. The van der Waals surface area contributed by atoms with E-state index in [0.29, 0.717) is 25.9 Å². The predicted octanol–water partition coefficient (Wildman–Crippen LogP) is 3.73. The van der Waals surface area contributed by atoms with Crippen LogP contribution in [-0.4, -0.2) is 50.8 Å². The fourth-order valence-electron chi connectivity index (χ4n) is 3.59. The summed E-state index contributed by atoms with van der Waals surface area (Å²) in [6.45, 7) is 3.04. The van der Waals surface area contributed by atoms with E-state index in [1.54, 1.807) is 0 Å². The van der Waals surface area contributed by atoms with Gasteiger partial charge in [0.25, 0.3) is 0 Å². The molecule has 1 amide bonds. The summed E-state index contributed by atoms with van der Waals surface area (Å²) in [6, 6.07) is 12.1. The Morgan fingerprint density at radius 3 is 2.45 bits per heavy atom. The highest BCUT2D eigenvalue weighted by Gasteiger charge is 2.29. The first-order valence-corrected chi connectivity index (χ1v) is 12.9. The minimum atomic E-state index is -3.78. The summed E-state index contributed by atoms with van der Waals surface area (Å²) in [5, 5.41) is 2.79. The van der Waals surface area contributed by atoms with Crippen LogP contribution in [0.25, 0.3) is 0 Å². The second-order valence-corrected chi connectivity index (χ2v) is 10.4. The van der Waals surface area contributed by atoms with Crippen molar-refractivity contribution in [1.82, 2.24) is 9.62 Å². The van der Waals surface area contributed by atoms with Crippen LogP contribution in [0.5, 0.6) is 0 Å². The van der Waals surface area contributed by atoms with E-state index < -0.39 is 16.0 Å². The first-order valence-electron chi connectivity index (χ1n) is 11.1. The maximum atomic E-state index is 12.9. The zero-order chi connectivity index (χ0) is 23.8. The van der Waals surface area contributed by atoms with Gasteiger partial charge in [-0.3, -0.25) is 4.79 Å². The molecule has 178 valence electrons. The quantitative estimate of drug-likeness (QED) is 0.425. The third-order valence-corrected chi connectivity index (χ3v) is 7.90. The second kappa shape index (κ2) is 11.6. The van der Waals surface area contributed by atoms with Crippen molar-refractivity contribution in [1.29, 1.82) is 0 Å². The lowest BCUT2D eigenvalue weighted by molar-refractivity contribution is -0.121. The van der Waals surface area contributed by atoms with E-state index in [0.717, 1.165) is 24.8 Å². The van der Waals surface area contributed by atoms with E-state index in [4.69, 9.17) is 16.3 Å². The summed E-state index contributed by atoms with van der Waals surface area (Å²) in [7, 11) is -3.78. The monoisotopic (exact) mass is 492 g/mol. The second-order valence-electron chi connectivity index (χ2n) is 8.08. The number of carbonyl (C=O) groups is 2. The fraction of sp³-hybridized carbons (Fsp3) is 0.417. The highest BCUT2D eigenvalue weighted by molar-refractivity contribution is 7.89. The maximum absolute atomic E-state index is 12.9. The van der Waals surface area contributed by atoms with Crippen molar-refractivity contribution in [2.75, 3.05) is 26.2 Å². The number of nitrogens with one attached hydrogen (secondary N) is 1. The molecule has 2 aromatic rings. The van der Waals surface area contributed by atoms with Crippen LogP contribution in [0.2, 0.25) is 5.02 Å². The number of rotatable bonds is 9. The van der Waals surface area contributed by atoms with Gasteiger partial charge < -0.3 is 10.1 Å². The lowest BCUT2D eigenvalue weighted by Crippen LogP contribution is -2.35. The highest BCUT2D eigenvalue weighted by atomic mass is 35.5. The molecule has 0 unspecified atom stereocenters. The minimum absolute atomic E-state index is 0.0219. The number of ether oxygens (including phenoxy) is 1. The molecule has 1 fully saturated rings. The van der Waals surface area contributed by atoms with Crippen molar-refractivity contribution >= 4 is 33.5 Å². The Kier molecular flexibility index (Phi) is 8.88. The molecule has 0 bridgehead atoms. The Balaban J connectivity index is 1.48. The van der Waals surface area contributed by atoms with E-state index >= 15 is 0 Å². The van der Waals surface area contributed by atoms with Gasteiger partial charge in [-0.05, 0) is 49.9 Å². The zero-order valence-corrected chi connectivity index (χ0v) is 20.3. The SMILES string of the molecule is Cc1ccc(CCC(=O)NCCOC(=O)c2ccc(Cl)c(S(=O)(=O)N3CCCCC3)c2)cc1. The van der Waals surface area contributed by atoms with Crippen molar-refractivity contribution in [3.63, 3.8) is 0 Å². The van der Waals surface area contributed by atoms with Crippen molar-refractivity contribution in [2.24, 2.45) is 0 Å². The molecule has 7 nitrogen and oxygen atoms in total. The number of aryl methyl sites for hydroxylation is 2. The Morgan fingerprint density at radius 1 is 1.06 bits per heavy atom. The van der Waals surface area contributed by atoms with E-state index in [1.165, 1.54) is 28.1 Å². The molecular weight excluding hydrogens is 464 g/mol. The molecule has 1 aliphatic rings.